The van der Waals surface area contributed by atoms with E-state index in [1.54, 1.807) is 23.2 Å². The van der Waals surface area contributed by atoms with Crippen molar-refractivity contribution < 1.29 is 9.59 Å². The first-order chi connectivity index (χ1) is 13.5. The van der Waals surface area contributed by atoms with Crippen LogP contribution in [-0.2, 0) is 22.7 Å². The topological polar surface area (TPSA) is 62.3 Å². The lowest BCUT2D eigenvalue weighted by atomic mass is 10.1. The van der Waals surface area contributed by atoms with Crippen molar-refractivity contribution in [1.82, 2.24) is 15.2 Å². The molecule has 1 aliphatic rings. The molecule has 2 aromatic rings. The van der Waals surface area contributed by atoms with Crippen molar-refractivity contribution in [2.24, 2.45) is 5.92 Å². The van der Waals surface area contributed by atoms with Gasteiger partial charge in [0.15, 0.2) is 0 Å². The van der Waals surface area contributed by atoms with E-state index in [-0.39, 0.29) is 24.3 Å². The number of amides is 2. The summed E-state index contributed by atoms with van der Waals surface area (Å²) >= 11 is 12.1. The summed E-state index contributed by atoms with van der Waals surface area (Å²) in [6.07, 6.45) is 5.66. The highest BCUT2D eigenvalue weighted by atomic mass is 35.5. The monoisotopic (exact) mass is 419 g/mol. The Morgan fingerprint density at radius 3 is 2.54 bits per heavy atom. The van der Waals surface area contributed by atoms with Gasteiger partial charge in [0.2, 0.25) is 11.8 Å². The third kappa shape index (κ3) is 5.69. The second kappa shape index (κ2) is 9.89. The normalized spacial score (nSPS) is 14.1. The minimum Gasteiger partial charge on any atom is -0.347 e. The second-order valence-corrected chi connectivity index (χ2v) is 7.83. The van der Waals surface area contributed by atoms with Crippen LogP contribution in [0.4, 0.5) is 0 Å². The first-order valence-electron chi connectivity index (χ1n) is 9.42. The maximum Gasteiger partial charge on any atom is 0.242 e. The van der Waals surface area contributed by atoms with E-state index in [1.165, 1.54) is 0 Å². The van der Waals surface area contributed by atoms with Crippen LogP contribution in [0, 0.1) is 5.92 Å². The number of nitrogens with zero attached hydrogens (tertiary/aromatic N) is 2. The molecule has 0 unspecified atom stereocenters. The van der Waals surface area contributed by atoms with Crippen LogP contribution in [-0.4, -0.2) is 28.2 Å². The quantitative estimate of drug-likeness (QED) is 0.730. The van der Waals surface area contributed by atoms with Gasteiger partial charge in [-0.1, -0.05) is 48.2 Å². The number of aromatic nitrogens is 1. The Labute approximate surface area is 175 Å². The SMILES string of the molecule is O=C(NCC(=O)N(Cc1ccc(Cl)c(Cl)c1)Cc1ccccn1)C1CCCC1. The maximum atomic E-state index is 12.8. The van der Waals surface area contributed by atoms with Crippen LogP contribution in [0.2, 0.25) is 10.0 Å². The summed E-state index contributed by atoms with van der Waals surface area (Å²) in [5.41, 5.74) is 1.64. The van der Waals surface area contributed by atoms with Gasteiger partial charge in [-0.15, -0.1) is 0 Å². The van der Waals surface area contributed by atoms with Crippen LogP contribution in [0.3, 0.4) is 0 Å². The predicted octanol–water partition coefficient (Wildman–Crippen LogP) is 4.22. The Bertz CT molecular complexity index is 824. The van der Waals surface area contributed by atoms with Crippen molar-refractivity contribution >= 4 is 35.0 Å². The predicted molar refractivity (Wildman–Crippen MR) is 110 cm³/mol. The largest absolute Gasteiger partial charge is 0.347 e. The molecule has 2 amide bonds. The molecular weight excluding hydrogens is 397 g/mol. The number of hydrogen-bond acceptors (Lipinski definition) is 3. The molecule has 0 atom stereocenters. The molecular formula is C21H23Cl2N3O2. The van der Waals surface area contributed by atoms with Crippen LogP contribution in [0.1, 0.15) is 36.9 Å². The molecule has 28 heavy (non-hydrogen) atoms. The third-order valence-electron chi connectivity index (χ3n) is 4.93. The third-order valence-corrected chi connectivity index (χ3v) is 5.67. The molecule has 1 saturated carbocycles. The number of hydrogen-bond donors (Lipinski definition) is 1. The molecule has 3 rings (SSSR count). The molecule has 0 saturated heterocycles. The zero-order valence-corrected chi connectivity index (χ0v) is 17.0. The van der Waals surface area contributed by atoms with E-state index in [0.29, 0.717) is 23.1 Å². The molecule has 0 spiro atoms. The fourth-order valence-electron chi connectivity index (χ4n) is 3.38. The Hall–Kier alpha value is -2.11. The highest BCUT2D eigenvalue weighted by Gasteiger charge is 2.24. The van der Waals surface area contributed by atoms with Crippen LogP contribution >= 0.6 is 23.2 Å². The summed E-state index contributed by atoms with van der Waals surface area (Å²) in [4.78, 5) is 31.1. The number of pyridine rings is 1. The van der Waals surface area contributed by atoms with Crippen LogP contribution < -0.4 is 5.32 Å². The van der Waals surface area contributed by atoms with E-state index in [0.717, 1.165) is 36.9 Å². The lowest BCUT2D eigenvalue weighted by Gasteiger charge is -2.23. The van der Waals surface area contributed by atoms with E-state index in [1.807, 2.05) is 24.3 Å². The average molecular weight is 420 g/mol. The first kappa shape index (κ1) is 20.6. The maximum absolute atomic E-state index is 12.8. The summed E-state index contributed by atoms with van der Waals surface area (Å²) in [6.45, 7) is 0.675. The van der Waals surface area contributed by atoms with Gasteiger partial charge in [0.05, 0.1) is 28.8 Å². The summed E-state index contributed by atoms with van der Waals surface area (Å²) in [5, 5.41) is 3.71. The Morgan fingerprint density at radius 2 is 1.86 bits per heavy atom. The average Bonchev–Trinajstić information content (AvgIpc) is 3.24. The molecule has 7 heteroatoms. The molecule has 1 N–H and O–H groups in total. The summed E-state index contributed by atoms with van der Waals surface area (Å²) in [6, 6.07) is 10.9. The number of nitrogens with one attached hydrogen (secondary N) is 1. The van der Waals surface area contributed by atoms with Gasteiger partial charge < -0.3 is 10.2 Å². The summed E-state index contributed by atoms with van der Waals surface area (Å²) < 4.78 is 0. The van der Waals surface area contributed by atoms with Crippen molar-refractivity contribution in [2.45, 2.75) is 38.8 Å². The Morgan fingerprint density at radius 1 is 1.07 bits per heavy atom. The molecule has 0 radical (unpaired) electrons. The van der Waals surface area contributed by atoms with E-state index in [2.05, 4.69) is 10.3 Å². The minimum atomic E-state index is -0.164. The van der Waals surface area contributed by atoms with Gasteiger partial charge in [-0.3, -0.25) is 14.6 Å². The summed E-state index contributed by atoms with van der Waals surface area (Å²) in [7, 11) is 0. The van der Waals surface area contributed by atoms with E-state index in [9.17, 15) is 9.59 Å². The minimum absolute atomic E-state index is 0.0243. The molecule has 0 aliphatic heterocycles. The molecule has 5 nitrogen and oxygen atoms in total. The van der Waals surface area contributed by atoms with Gasteiger partial charge in [0.1, 0.15) is 0 Å². The molecule has 1 aromatic carbocycles. The smallest absolute Gasteiger partial charge is 0.242 e. The van der Waals surface area contributed by atoms with Gasteiger partial charge in [-0.2, -0.15) is 0 Å². The van der Waals surface area contributed by atoms with Gasteiger partial charge in [-0.05, 0) is 42.7 Å². The van der Waals surface area contributed by atoms with E-state index < -0.39 is 0 Å². The Balaban J connectivity index is 1.68. The molecule has 0 bridgehead atoms. The lowest BCUT2D eigenvalue weighted by molar-refractivity contribution is -0.134. The van der Waals surface area contributed by atoms with Crippen molar-refractivity contribution in [3.63, 3.8) is 0 Å². The number of halogens is 2. The fourth-order valence-corrected chi connectivity index (χ4v) is 3.71. The summed E-state index contributed by atoms with van der Waals surface area (Å²) in [5.74, 6) is -0.159. The van der Waals surface area contributed by atoms with Crippen LogP contribution in [0.15, 0.2) is 42.6 Å². The molecule has 1 heterocycles. The zero-order chi connectivity index (χ0) is 19.9. The van der Waals surface area contributed by atoms with Crippen LogP contribution in [0.5, 0.6) is 0 Å². The van der Waals surface area contributed by atoms with Crippen molar-refractivity contribution in [1.29, 1.82) is 0 Å². The van der Waals surface area contributed by atoms with Crippen LogP contribution in [0.25, 0.3) is 0 Å². The molecule has 1 fully saturated rings. The highest BCUT2D eigenvalue weighted by molar-refractivity contribution is 6.42. The first-order valence-corrected chi connectivity index (χ1v) is 10.2. The zero-order valence-electron chi connectivity index (χ0n) is 15.5. The number of carbonyl (C=O) groups is 2. The standard InChI is InChI=1S/C21H23Cl2N3O2/c22-18-9-8-15(11-19(18)23)13-26(14-17-7-3-4-10-24-17)20(27)12-25-21(28)16-5-1-2-6-16/h3-4,7-11,16H,1-2,5-6,12-14H2,(H,25,28). The number of benzene rings is 1. The van der Waals surface area contributed by atoms with E-state index >= 15 is 0 Å². The molecule has 1 aromatic heterocycles. The van der Waals surface area contributed by atoms with Crippen molar-refractivity contribution in [3.8, 4) is 0 Å². The lowest BCUT2D eigenvalue weighted by Crippen LogP contribution is -2.41. The molecule has 1 aliphatic carbocycles. The van der Waals surface area contributed by atoms with Crippen molar-refractivity contribution in [3.05, 3.63) is 63.9 Å². The Kier molecular flexibility index (Phi) is 7.29. The van der Waals surface area contributed by atoms with Gasteiger partial charge in [0, 0.05) is 18.7 Å². The van der Waals surface area contributed by atoms with E-state index in [4.69, 9.17) is 23.2 Å². The fraction of sp³-hybridized carbons (Fsp3) is 0.381. The highest BCUT2D eigenvalue weighted by Crippen LogP contribution is 2.25. The molecule has 148 valence electrons. The van der Waals surface area contributed by atoms with Gasteiger partial charge >= 0.3 is 0 Å². The van der Waals surface area contributed by atoms with Gasteiger partial charge in [0.25, 0.3) is 0 Å². The van der Waals surface area contributed by atoms with Crippen molar-refractivity contribution in [2.75, 3.05) is 6.54 Å². The number of carbonyl (C=O) groups excluding carboxylic acids is 2. The van der Waals surface area contributed by atoms with Gasteiger partial charge in [-0.25, -0.2) is 0 Å². The number of rotatable bonds is 7. The second-order valence-electron chi connectivity index (χ2n) is 7.02.